The summed E-state index contributed by atoms with van der Waals surface area (Å²) in [7, 11) is 0. The maximum atomic E-state index is 10.1. The van der Waals surface area contributed by atoms with Crippen molar-refractivity contribution >= 4 is 38.5 Å². The number of aromatic nitrogens is 1. The van der Waals surface area contributed by atoms with Crippen molar-refractivity contribution in [3.05, 3.63) is 55.8 Å². The molecule has 1 aromatic heterocycles. The van der Waals surface area contributed by atoms with Crippen LogP contribution in [0.2, 0.25) is 0 Å². The van der Waals surface area contributed by atoms with Gasteiger partial charge >= 0.3 is 0 Å². The van der Waals surface area contributed by atoms with E-state index in [4.69, 9.17) is 0 Å². The number of rotatable bonds is 2. The Morgan fingerprint density at radius 2 is 2.13 bits per heavy atom. The van der Waals surface area contributed by atoms with Crippen LogP contribution in [0.4, 0.5) is 0 Å². The molecule has 1 unspecified atom stereocenters. The van der Waals surface area contributed by atoms with Crippen molar-refractivity contribution < 1.29 is 5.11 Å². The molecule has 0 amide bonds. The van der Waals surface area contributed by atoms with E-state index in [9.17, 15) is 5.11 Å². The lowest BCUT2D eigenvalue weighted by molar-refractivity contribution is 0.215. The zero-order valence-corrected chi connectivity index (χ0v) is 11.5. The first-order valence-corrected chi connectivity index (χ1v) is 6.32. The molecule has 0 radical (unpaired) electrons. The first kappa shape index (κ1) is 11.2. The highest BCUT2D eigenvalue weighted by atomic mass is 127. The van der Waals surface area contributed by atoms with E-state index in [1.54, 1.807) is 6.20 Å². The molecule has 4 heteroatoms. The first-order valence-electron chi connectivity index (χ1n) is 4.45. The smallest absolute Gasteiger partial charge is 0.120 e. The van der Waals surface area contributed by atoms with Gasteiger partial charge in [-0.3, -0.25) is 0 Å². The molecule has 0 aliphatic heterocycles. The number of aliphatic hydroxyl groups is 1. The fourth-order valence-corrected chi connectivity index (χ4v) is 2.38. The molecule has 1 heterocycles. The zero-order chi connectivity index (χ0) is 10.8. The normalized spacial score (nSPS) is 12.7. The summed E-state index contributed by atoms with van der Waals surface area (Å²) < 4.78 is 2.03. The average molecular weight is 378 g/mol. The minimum atomic E-state index is -0.607. The van der Waals surface area contributed by atoms with Gasteiger partial charge in [0, 0.05) is 25.5 Å². The van der Waals surface area contributed by atoms with Gasteiger partial charge in [-0.25, -0.2) is 0 Å². The number of hydrogen-bond donors (Lipinski definition) is 2. The predicted octanol–water partition coefficient (Wildman–Crippen LogP) is 3.46. The van der Waals surface area contributed by atoms with E-state index in [1.807, 2.05) is 30.3 Å². The maximum Gasteiger partial charge on any atom is 0.120 e. The van der Waals surface area contributed by atoms with Crippen molar-refractivity contribution in [1.29, 1.82) is 0 Å². The van der Waals surface area contributed by atoms with Crippen LogP contribution in [0.3, 0.4) is 0 Å². The van der Waals surface area contributed by atoms with E-state index in [1.165, 1.54) is 0 Å². The largest absolute Gasteiger partial charge is 0.382 e. The van der Waals surface area contributed by atoms with Gasteiger partial charge in [0.15, 0.2) is 0 Å². The molecule has 2 rings (SSSR count). The van der Waals surface area contributed by atoms with Crippen LogP contribution in [0.5, 0.6) is 0 Å². The van der Waals surface area contributed by atoms with Gasteiger partial charge in [-0.1, -0.05) is 15.9 Å². The topological polar surface area (TPSA) is 36.0 Å². The van der Waals surface area contributed by atoms with Gasteiger partial charge in [0.2, 0.25) is 0 Å². The molecule has 0 saturated carbocycles. The Balaban J connectivity index is 2.41. The Hall–Kier alpha value is -0.330. The molecule has 0 aliphatic rings. The summed E-state index contributed by atoms with van der Waals surface area (Å²) in [5.41, 5.74) is 1.68. The van der Waals surface area contributed by atoms with Gasteiger partial charge in [0.25, 0.3) is 0 Å². The number of halogens is 2. The van der Waals surface area contributed by atoms with Gasteiger partial charge in [0.1, 0.15) is 6.10 Å². The lowest BCUT2D eigenvalue weighted by Crippen LogP contribution is -2.01. The summed E-state index contributed by atoms with van der Waals surface area (Å²) in [6, 6.07) is 9.66. The number of nitrogens with one attached hydrogen (secondary N) is 1. The fraction of sp³-hybridized carbons (Fsp3) is 0.0909. The van der Waals surface area contributed by atoms with Crippen LogP contribution in [0.15, 0.2) is 41.0 Å². The maximum absolute atomic E-state index is 10.1. The molecule has 2 N–H and O–H groups in total. The molecular weight excluding hydrogens is 369 g/mol. The van der Waals surface area contributed by atoms with Crippen LogP contribution in [-0.4, -0.2) is 10.1 Å². The minimum Gasteiger partial charge on any atom is -0.382 e. The molecule has 0 spiro atoms. The Labute approximate surface area is 110 Å². The SMILES string of the molecule is OC(c1ccc[nH]1)c1cc(I)ccc1Br. The van der Waals surface area contributed by atoms with Crippen molar-refractivity contribution in [2.24, 2.45) is 0 Å². The second-order valence-electron chi connectivity index (χ2n) is 3.19. The van der Waals surface area contributed by atoms with E-state index in [-0.39, 0.29) is 0 Å². The molecule has 1 aromatic carbocycles. The fourth-order valence-electron chi connectivity index (χ4n) is 1.41. The quantitative estimate of drug-likeness (QED) is 0.772. The Morgan fingerprint density at radius 3 is 2.80 bits per heavy atom. The zero-order valence-electron chi connectivity index (χ0n) is 7.74. The molecule has 0 aliphatic carbocycles. The van der Waals surface area contributed by atoms with Gasteiger partial charge < -0.3 is 10.1 Å². The summed E-state index contributed by atoms with van der Waals surface area (Å²) in [6.07, 6.45) is 1.20. The van der Waals surface area contributed by atoms with E-state index in [0.717, 1.165) is 19.3 Å². The third-order valence-electron chi connectivity index (χ3n) is 2.17. The van der Waals surface area contributed by atoms with Crippen molar-refractivity contribution in [3.8, 4) is 0 Å². The second kappa shape index (κ2) is 4.67. The molecule has 0 bridgehead atoms. The van der Waals surface area contributed by atoms with Gasteiger partial charge in [-0.2, -0.15) is 0 Å². The molecule has 0 saturated heterocycles. The molecule has 2 nitrogen and oxygen atoms in total. The molecule has 0 fully saturated rings. The number of hydrogen-bond acceptors (Lipinski definition) is 1. The monoisotopic (exact) mass is 377 g/mol. The third kappa shape index (κ3) is 2.43. The number of aliphatic hydroxyl groups excluding tert-OH is 1. The average Bonchev–Trinajstić information content (AvgIpc) is 2.74. The Morgan fingerprint density at radius 1 is 1.33 bits per heavy atom. The molecule has 78 valence electrons. The first-order chi connectivity index (χ1) is 7.18. The minimum absolute atomic E-state index is 0.607. The lowest BCUT2D eigenvalue weighted by atomic mass is 10.1. The number of aromatic amines is 1. The van der Waals surface area contributed by atoms with E-state index < -0.39 is 6.10 Å². The number of H-pyrrole nitrogens is 1. The summed E-state index contributed by atoms with van der Waals surface area (Å²) in [5, 5.41) is 10.1. The summed E-state index contributed by atoms with van der Waals surface area (Å²) in [5.74, 6) is 0. The van der Waals surface area contributed by atoms with Crippen LogP contribution in [0, 0.1) is 3.57 Å². The van der Waals surface area contributed by atoms with Crippen LogP contribution in [-0.2, 0) is 0 Å². The van der Waals surface area contributed by atoms with Crippen LogP contribution in [0.1, 0.15) is 17.4 Å². The van der Waals surface area contributed by atoms with Crippen LogP contribution >= 0.6 is 38.5 Å². The summed E-state index contributed by atoms with van der Waals surface area (Å²) in [4.78, 5) is 3.01. The standard InChI is InChI=1S/C11H9BrINO/c12-9-4-3-7(13)6-8(9)11(15)10-2-1-5-14-10/h1-6,11,14-15H. The van der Waals surface area contributed by atoms with Crippen molar-refractivity contribution in [1.82, 2.24) is 4.98 Å². The van der Waals surface area contributed by atoms with Gasteiger partial charge in [-0.15, -0.1) is 0 Å². The Kier molecular flexibility index (Phi) is 3.48. The Bertz CT molecular complexity index is 456. The van der Waals surface area contributed by atoms with Gasteiger partial charge in [-0.05, 0) is 52.9 Å². The van der Waals surface area contributed by atoms with Crippen LogP contribution in [0.25, 0.3) is 0 Å². The van der Waals surface area contributed by atoms with Gasteiger partial charge in [0.05, 0.1) is 0 Å². The van der Waals surface area contributed by atoms with Crippen molar-refractivity contribution in [2.75, 3.05) is 0 Å². The number of benzene rings is 1. The predicted molar refractivity (Wildman–Crippen MR) is 71.7 cm³/mol. The summed E-state index contributed by atoms with van der Waals surface area (Å²) in [6.45, 7) is 0. The van der Waals surface area contributed by atoms with Crippen molar-refractivity contribution in [3.63, 3.8) is 0 Å². The highest BCUT2D eigenvalue weighted by molar-refractivity contribution is 14.1. The highest BCUT2D eigenvalue weighted by Gasteiger charge is 2.14. The van der Waals surface area contributed by atoms with E-state index in [0.29, 0.717) is 0 Å². The van der Waals surface area contributed by atoms with Crippen molar-refractivity contribution in [2.45, 2.75) is 6.10 Å². The van der Waals surface area contributed by atoms with Crippen LogP contribution < -0.4 is 0 Å². The second-order valence-corrected chi connectivity index (χ2v) is 5.29. The molecular formula is C11H9BrINO. The molecule has 15 heavy (non-hydrogen) atoms. The molecule has 1 atom stereocenters. The molecule has 2 aromatic rings. The lowest BCUT2D eigenvalue weighted by Gasteiger charge is -2.11. The third-order valence-corrected chi connectivity index (χ3v) is 3.56. The van der Waals surface area contributed by atoms with E-state index in [2.05, 4.69) is 43.5 Å². The summed E-state index contributed by atoms with van der Waals surface area (Å²) >= 11 is 5.67. The van der Waals surface area contributed by atoms with E-state index >= 15 is 0 Å². The highest BCUT2D eigenvalue weighted by Crippen LogP contribution is 2.28.